The molecule has 1 aromatic heterocycles. The SMILES string of the molecule is COc1ccc(-c2ccc(NC(=O)C3(c4cccc(Cl)c4)CC3)cc2-c2nn[nH]n2)cc1. The van der Waals surface area contributed by atoms with E-state index in [2.05, 4.69) is 25.9 Å². The number of nitrogens with one attached hydrogen (secondary N) is 2. The number of nitrogens with zero attached hydrogens (tertiary/aromatic N) is 3. The van der Waals surface area contributed by atoms with Crippen molar-refractivity contribution in [3.05, 3.63) is 77.3 Å². The summed E-state index contributed by atoms with van der Waals surface area (Å²) in [7, 11) is 1.63. The fourth-order valence-electron chi connectivity index (χ4n) is 3.91. The van der Waals surface area contributed by atoms with E-state index in [0.29, 0.717) is 16.5 Å². The highest BCUT2D eigenvalue weighted by molar-refractivity contribution is 6.30. The van der Waals surface area contributed by atoms with Gasteiger partial charge in [-0.15, -0.1) is 10.2 Å². The molecular weight excluding hydrogens is 426 g/mol. The van der Waals surface area contributed by atoms with Crippen molar-refractivity contribution >= 4 is 23.2 Å². The third kappa shape index (κ3) is 3.71. The smallest absolute Gasteiger partial charge is 0.235 e. The Morgan fingerprint density at radius 1 is 1.06 bits per heavy atom. The number of carbonyl (C=O) groups excluding carboxylic acids is 1. The van der Waals surface area contributed by atoms with Crippen LogP contribution in [0, 0.1) is 0 Å². The minimum atomic E-state index is -0.536. The van der Waals surface area contributed by atoms with Gasteiger partial charge >= 0.3 is 0 Å². The van der Waals surface area contributed by atoms with Crippen LogP contribution >= 0.6 is 11.6 Å². The minimum Gasteiger partial charge on any atom is -0.497 e. The zero-order valence-electron chi connectivity index (χ0n) is 17.3. The first kappa shape index (κ1) is 20.2. The molecule has 0 spiro atoms. The first-order valence-corrected chi connectivity index (χ1v) is 10.6. The first-order chi connectivity index (χ1) is 15.6. The van der Waals surface area contributed by atoms with Crippen LogP contribution < -0.4 is 10.1 Å². The molecule has 1 amide bonds. The maximum atomic E-state index is 13.2. The monoisotopic (exact) mass is 445 g/mol. The van der Waals surface area contributed by atoms with E-state index < -0.39 is 5.41 Å². The molecule has 2 N–H and O–H groups in total. The van der Waals surface area contributed by atoms with E-state index in [1.807, 2.05) is 66.7 Å². The molecule has 32 heavy (non-hydrogen) atoms. The number of H-pyrrole nitrogens is 1. The van der Waals surface area contributed by atoms with Gasteiger partial charge in [0.2, 0.25) is 11.7 Å². The number of aromatic amines is 1. The van der Waals surface area contributed by atoms with Crippen LogP contribution in [0.2, 0.25) is 5.02 Å². The standard InChI is InChI=1S/C24H20ClN5O2/c1-32-19-8-5-15(6-9-19)20-10-7-18(14-21(20)22-27-29-30-28-22)26-23(31)24(11-12-24)16-3-2-4-17(25)13-16/h2-10,13-14H,11-12H2,1H3,(H,26,31)(H,27,28,29,30). The van der Waals surface area contributed by atoms with E-state index in [9.17, 15) is 4.79 Å². The quantitative estimate of drug-likeness (QED) is 0.442. The summed E-state index contributed by atoms with van der Waals surface area (Å²) in [5, 5.41) is 18.2. The van der Waals surface area contributed by atoms with Gasteiger partial charge in [-0.2, -0.15) is 5.21 Å². The lowest BCUT2D eigenvalue weighted by molar-refractivity contribution is -0.118. The van der Waals surface area contributed by atoms with Crippen LogP contribution in [0.15, 0.2) is 66.7 Å². The number of aromatic nitrogens is 4. The lowest BCUT2D eigenvalue weighted by atomic mass is 9.94. The van der Waals surface area contributed by atoms with Crippen molar-refractivity contribution in [1.82, 2.24) is 20.6 Å². The molecule has 0 radical (unpaired) electrons. The molecule has 0 atom stereocenters. The third-order valence-corrected chi connectivity index (χ3v) is 6.06. The lowest BCUT2D eigenvalue weighted by Crippen LogP contribution is -2.27. The first-order valence-electron chi connectivity index (χ1n) is 10.2. The zero-order valence-corrected chi connectivity index (χ0v) is 18.1. The van der Waals surface area contributed by atoms with Crippen LogP contribution in [0.1, 0.15) is 18.4 Å². The Kier molecular flexibility index (Phi) is 5.11. The van der Waals surface area contributed by atoms with Gasteiger partial charge in [-0.25, -0.2) is 0 Å². The van der Waals surface area contributed by atoms with Gasteiger partial charge in [-0.05, 0) is 71.1 Å². The summed E-state index contributed by atoms with van der Waals surface area (Å²) in [6.45, 7) is 0. The summed E-state index contributed by atoms with van der Waals surface area (Å²) >= 11 is 6.15. The number of tetrazole rings is 1. The topological polar surface area (TPSA) is 92.8 Å². The Labute approximate surface area is 189 Å². The molecule has 7 nitrogen and oxygen atoms in total. The Balaban J connectivity index is 1.48. The molecule has 160 valence electrons. The number of benzene rings is 3. The van der Waals surface area contributed by atoms with Crippen LogP contribution in [0.25, 0.3) is 22.5 Å². The van der Waals surface area contributed by atoms with E-state index >= 15 is 0 Å². The molecule has 1 aliphatic carbocycles. The molecule has 0 bridgehead atoms. The summed E-state index contributed by atoms with van der Waals surface area (Å²) in [6.07, 6.45) is 1.58. The molecule has 1 heterocycles. The van der Waals surface area contributed by atoms with Crippen LogP contribution in [0.3, 0.4) is 0 Å². The second kappa shape index (κ2) is 8.09. The number of ether oxygens (including phenoxy) is 1. The summed E-state index contributed by atoms with van der Waals surface area (Å²) in [5.74, 6) is 1.17. The molecule has 0 saturated heterocycles. The highest BCUT2D eigenvalue weighted by atomic mass is 35.5. The van der Waals surface area contributed by atoms with Crippen LogP contribution in [0.4, 0.5) is 5.69 Å². The minimum absolute atomic E-state index is 0.0453. The van der Waals surface area contributed by atoms with Gasteiger partial charge < -0.3 is 10.1 Å². The Morgan fingerprint density at radius 2 is 1.88 bits per heavy atom. The number of amides is 1. The predicted molar refractivity (Wildman–Crippen MR) is 123 cm³/mol. The zero-order chi connectivity index (χ0) is 22.1. The van der Waals surface area contributed by atoms with Gasteiger partial charge in [0.25, 0.3) is 0 Å². The molecule has 1 aliphatic rings. The van der Waals surface area contributed by atoms with Crippen molar-refractivity contribution in [3.8, 4) is 28.3 Å². The number of anilines is 1. The van der Waals surface area contributed by atoms with E-state index in [1.165, 1.54) is 0 Å². The van der Waals surface area contributed by atoms with Gasteiger partial charge in [0, 0.05) is 16.3 Å². The number of hydrogen-bond donors (Lipinski definition) is 2. The van der Waals surface area contributed by atoms with Gasteiger partial charge in [-0.1, -0.05) is 41.9 Å². The van der Waals surface area contributed by atoms with E-state index in [1.54, 1.807) is 7.11 Å². The fraction of sp³-hybridized carbons (Fsp3) is 0.167. The average molecular weight is 446 g/mol. The summed E-state index contributed by atoms with van der Waals surface area (Å²) < 4.78 is 5.26. The van der Waals surface area contributed by atoms with Crippen LogP contribution in [-0.2, 0) is 10.2 Å². The van der Waals surface area contributed by atoms with Crippen LogP contribution in [-0.4, -0.2) is 33.6 Å². The highest BCUT2D eigenvalue weighted by Gasteiger charge is 2.51. The van der Waals surface area contributed by atoms with Crippen molar-refractivity contribution in [3.63, 3.8) is 0 Å². The maximum absolute atomic E-state index is 13.2. The number of rotatable bonds is 6. The highest BCUT2D eigenvalue weighted by Crippen LogP contribution is 2.49. The average Bonchev–Trinajstić information content (AvgIpc) is 3.46. The van der Waals surface area contributed by atoms with Crippen molar-refractivity contribution < 1.29 is 9.53 Å². The van der Waals surface area contributed by atoms with Gasteiger partial charge in [0.15, 0.2) is 0 Å². The number of methoxy groups -OCH3 is 1. The van der Waals surface area contributed by atoms with Gasteiger partial charge in [0.1, 0.15) is 5.75 Å². The van der Waals surface area contributed by atoms with Crippen LogP contribution in [0.5, 0.6) is 5.75 Å². The Bertz CT molecular complexity index is 1270. The fourth-order valence-corrected chi connectivity index (χ4v) is 4.10. The summed E-state index contributed by atoms with van der Waals surface area (Å²) in [6, 6.07) is 20.9. The second-order valence-corrected chi connectivity index (χ2v) is 8.21. The normalized spacial score (nSPS) is 14.1. The van der Waals surface area contributed by atoms with E-state index in [0.717, 1.165) is 40.8 Å². The Morgan fingerprint density at radius 3 is 2.53 bits per heavy atom. The van der Waals surface area contributed by atoms with Gasteiger partial charge in [-0.3, -0.25) is 4.79 Å². The maximum Gasteiger partial charge on any atom is 0.235 e. The lowest BCUT2D eigenvalue weighted by Gasteiger charge is -2.17. The van der Waals surface area contributed by atoms with Crippen molar-refractivity contribution in [1.29, 1.82) is 0 Å². The summed E-state index contributed by atoms with van der Waals surface area (Å²) in [5.41, 5.74) is 3.72. The molecule has 3 aromatic carbocycles. The molecule has 5 rings (SSSR count). The molecule has 8 heteroatoms. The predicted octanol–water partition coefficient (Wildman–Crippen LogP) is 4.87. The third-order valence-electron chi connectivity index (χ3n) is 5.83. The van der Waals surface area contributed by atoms with E-state index in [4.69, 9.17) is 16.3 Å². The van der Waals surface area contributed by atoms with Crippen molar-refractivity contribution in [2.75, 3.05) is 12.4 Å². The number of carbonyl (C=O) groups is 1. The number of hydrogen-bond acceptors (Lipinski definition) is 5. The molecule has 0 unspecified atom stereocenters. The second-order valence-electron chi connectivity index (χ2n) is 7.77. The molecule has 4 aromatic rings. The number of halogens is 1. The Hall–Kier alpha value is -3.71. The molecule has 0 aliphatic heterocycles. The summed E-state index contributed by atoms with van der Waals surface area (Å²) in [4.78, 5) is 13.2. The van der Waals surface area contributed by atoms with E-state index in [-0.39, 0.29) is 5.91 Å². The largest absolute Gasteiger partial charge is 0.497 e. The molecular formula is C24H20ClN5O2. The van der Waals surface area contributed by atoms with Crippen molar-refractivity contribution in [2.45, 2.75) is 18.3 Å². The molecule has 1 saturated carbocycles. The molecule has 1 fully saturated rings. The van der Waals surface area contributed by atoms with Gasteiger partial charge in [0.05, 0.1) is 12.5 Å². The van der Waals surface area contributed by atoms with Crippen molar-refractivity contribution in [2.24, 2.45) is 0 Å².